The Bertz CT molecular complexity index is 613. The molecule has 0 unspecified atom stereocenters. The van der Waals surface area contributed by atoms with Gasteiger partial charge in [0.1, 0.15) is 18.4 Å². The number of halogens is 1. The van der Waals surface area contributed by atoms with Gasteiger partial charge in [0, 0.05) is 31.2 Å². The maximum Gasteiger partial charge on any atom is 1.00 e. The van der Waals surface area contributed by atoms with Gasteiger partial charge in [-0.1, -0.05) is 14.9 Å². The maximum atomic E-state index is 10.1. The number of urea groups is 2. The molecule has 0 spiro atoms. The van der Waals surface area contributed by atoms with Crippen LogP contribution >= 0.6 is 24.0 Å². The molecule has 33 heavy (non-hydrogen) atoms. The third-order valence-electron chi connectivity index (χ3n) is 1.76. The topological polar surface area (TPSA) is 220 Å². The van der Waals surface area contributed by atoms with E-state index < -0.39 is 12.1 Å². The van der Waals surface area contributed by atoms with Crippen molar-refractivity contribution < 1.29 is 138 Å². The van der Waals surface area contributed by atoms with Crippen molar-refractivity contribution >= 4 is 67.5 Å². The molecule has 0 fully saturated rings. The van der Waals surface area contributed by atoms with E-state index in [-0.39, 0.29) is 156 Å². The van der Waals surface area contributed by atoms with Crippen molar-refractivity contribution in [2.24, 2.45) is 21.5 Å². The molecule has 1 aromatic heterocycles. The molecular formula is C17H31IK2N6O7. The summed E-state index contributed by atoms with van der Waals surface area (Å²) < 4.78 is 0. The number of nitrogens with zero attached hydrogens (tertiary/aromatic N) is 4. The van der Waals surface area contributed by atoms with E-state index in [0.29, 0.717) is 19.0 Å². The van der Waals surface area contributed by atoms with Gasteiger partial charge in [0.15, 0.2) is 0 Å². The number of aliphatic imine (C=N–C) groups is 2. The zero-order chi connectivity index (χ0) is 22.2. The van der Waals surface area contributed by atoms with Crippen LogP contribution in [0.2, 0.25) is 0 Å². The van der Waals surface area contributed by atoms with Gasteiger partial charge in [0.2, 0.25) is 0 Å². The molecule has 1 aliphatic rings. The second-order valence-corrected chi connectivity index (χ2v) is 4.11. The van der Waals surface area contributed by atoms with Gasteiger partial charge in [-0.2, -0.15) is 0 Å². The van der Waals surface area contributed by atoms with Crippen LogP contribution in [-0.4, -0.2) is 53.5 Å². The van der Waals surface area contributed by atoms with Gasteiger partial charge in [-0.15, -0.1) is 24.0 Å². The first-order valence-electron chi connectivity index (χ1n) is 7.23. The number of carbonyl (C=O) groups excluding carboxylic acids is 5. The molecule has 13 nitrogen and oxygen atoms in total. The largest absolute Gasteiger partial charge is 1.00 e. The fraction of sp³-hybridized carbons (Fsp3) is 0.353. The molecular weight excluding hydrogens is 605 g/mol. The second-order valence-electron chi connectivity index (χ2n) is 4.11. The average molecular weight is 637 g/mol. The summed E-state index contributed by atoms with van der Waals surface area (Å²) in [5, 5.41) is 8.43. The molecule has 0 aliphatic carbocycles. The quantitative estimate of drug-likeness (QED) is 0.0809. The molecule has 0 radical (unpaired) electrons. The third-order valence-corrected chi connectivity index (χ3v) is 1.76. The number of primary amides is 2. The van der Waals surface area contributed by atoms with Gasteiger partial charge < -0.3 is 32.6 Å². The summed E-state index contributed by atoms with van der Waals surface area (Å²) in [5.74, 6) is 0.829. The minimum atomic E-state index is -0.833. The number of hydrogen-bond donors (Lipinski definition) is 2. The number of carbonyl (C=O) groups is 5. The predicted octanol–water partition coefficient (Wildman–Crippen LogP) is -5.01. The van der Waals surface area contributed by atoms with E-state index in [1.165, 1.54) is 12.4 Å². The number of rotatable bonds is 3. The van der Waals surface area contributed by atoms with Crippen molar-refractivity contribution in [1.82, 2.24) is 9.97 Å². The van der Waals surface area contributed by atoms with E-state index in [9.17, 15) is 14.4 Å². The summed E-state index contributed by atoms with van der Waals surface area (Å²) in [6, 6.07) is -1.23. The zero-order valence-electron chi connectivity index (χ0n) is 18.7. The van der Waals surface area contributed by atoms with Crippen molar-refractivity contribution in [2.75, 3.05) is 0 Å². The maximum absolute atomic E-state index is 10.1. The molecule has 0 saturated carbocycles. The Labute approximate surface area is 297 Å². The van der Waals surface area contributed by atoms with Gasteiger partial charge >= 0.3 is 115 Å². The number of aryl methyl sites for hydroxylation is 2. The van der Waals surface area contributed by atoms with E-state index in [1.54, 1.807) is 0 Å². The van der Waals surface area contributed by atoms with E-state index in [1.807, 2.05) is 26.2 Å². The number of nitrogens with two attached hydrogens (primary N) is 2. The number of aromatic nitrogens is 2. The van der Waals surface area contributed by atoms with Crippen LogP contribution in [-0.2, 0) is 19.3 Å². The molecule has 16 heteroatoms. The van der Waals surface area contributed by atoms with Crippen LogP contribution < -0.4 is 119 Å². The van der Waals surface area contributed by atoms with Crippen LogP contribution in [0.5, 0.6) is 0 Å². The Kier molecular flexibility index (Phi) is 74.8. The average Bonchev–Trinajstić information content (AvgIpc) is 2.66. The third kappa shape index (κ3) is 65.3. The van der Waals surface area contributed by atoms with E-state index >= 15 is 0 Å². The van der Waals surface area contributed by atoms with Crippen molar-refractivity contribution in [3.05, 3.63) is 23.8 Å². The minimum absolute atomic E-state index is 0. The normalized spacial score (nSPS) is 8.39. The smallest absolute Gasteiger partial charge is 1.00 e. The zero-order valence-corrected chi connectivity index (χ0v) is 26.2. The van der Waals surface area contributed by atoms with Crippen LogP contribution in [0.1, 0.15) is 40.5 Å². The van der Waals surface area contributed by atoms with E-state index in [0.717, 1.165) is 11.4 Å². The van der Waals surface area contributed by atoms with E-state index in [2.05, 4.69) is 36.3 Å². The van der Waals surface area contributed by atoms with Gasteiger partial charge in [-0.05, 0) is 19.4 Å². The molecule has 4 N–H and O–H groups in total. The monoisotopic (exact) mass is 636 g/mol. The molecule has 180 valence electrons. The van der Waals surface area contributed by atoms with Crippen LogP contribution in [0.3, 0.4) is 0 Å². The molecule has 0 bridgehead atoms. The number of amides is 4. The summed E-state index contributed by atoms with van der Waals surface area (Å²) >= 11 is 0. The molecule has 2 heterocycles. The predicted molar refractivity (Wildman–Crippen MR) is 126 cm³/mol. The van der Waals surface area contributed by atoms with Crippen molar-refractivity contribution in [1.29, 1.82) is 0 Å². The first-order valence-corrected chi connectivity index (χ1v) is 7.23. The fourth-order valence-electron chi connectivity index (χ4n) is 0.838. The SMILES string of the molecule is C.C.Cc1cnc(C)nc1.I.NC(N)=O.O=C1N=CCC=N1.O=CCC=O.O=CO[O-].[H-].[K+].[K+]. The Morgan fingerprint density at radius 3 is 1.55 bits per heavy atom. The Hall–Kier alpha value is 0.133. The van der Waals surface area contributed by atoms with Crippen molar-refractivity contribution in [3.8, 4) is 0 Å². The first-order chi connectivity index (χ1) is 13.2. The van der Waals surface area contributed by atoms with Crippen molar-refractivity contribution in [3.63, 3.8) is 0 Å². The Morgan fingerprint density at radius 2 is 1.39 bits per heavy atom. The molecule has 1 aliphatic heterocycles. The molecule has 1 aromatic rings. The fourth-order valence-corrected chi connectivity index (χ4v) is 0.838. The van der Waals surface area contributed by atoms with Crippen LogP contribution in [0.15, 0.2) is 22.4 Å². The van der Waals surface area contributed by atoms with Crippen LogP contribution in [0.4, 0.5) is 9.59 Å². The number of aldehydes is 2. The Morgan fingerprint density at radius 1 is 1.06 bits per heavy atom. The first kappa shape index (κ1) is 54.2. The van der Waals surface area contributed by atoms with Crippen LogP contribution in [0, 0.1) is 13.8 Å². The van der Waals surface area contributed by atoms with Crippen LogP contribution in [0.25, 0.3) is 0 Å². The summed E-state index contributed by atoms with van der Waals surface area (Å²) in [6.07, 6.45) is 8.53. The molecule has 2 rings (SSSR count). The second kappa shape index (κ2) is 45.6. The molecule has 0 atom stereocenters. The number of hydrogen-bond acceptors (Lipinski definition) is 9. The summed E-state index contributed by atoms with van der Waals surface area (Å²) in [6.45, 7) is 3.67. The molecule has 0 aromatic carbocycles. The van der Waals surface area contributed by atoms with Gasteiger partial charge in [-0.25, -0.2) is 29.5 Å². The summed E-state index contributed by atoms with van der Waals surface area (Å²) in [5.41, 5.74) is 9.61. The molecule has 4 amide bonds. The van der Waals surface area contributed by atoms with Gasteiger partial charge in [0.25, 0.3) is 6.47 Å². The molecule has 0 saturated heterocycles. The summed E-state index contributed by atoms with van der Waals surface area (Å²) in [4.78, 5) is 63.3. The van der Waals surface area contributed by atoms with Gasteiger partial charge in [0.05, 0.1) is 6.42 Å². The van der Waals surface area contributed by atoms with Gasteiger partial charge in [-0.3, -0.25) is 4.79 Å². The standard InChI is InChI=1S/C6H8N2.C4H4N2O.C3H4O2.CH4N2O.CH2O3.2CH4.HI.2K.H/c1-5-3-7-6(2)8-4-5;7-4-5-2-1-3-6-4;4-2-1-3-5;2-1(3)4;2-1-4-3;;;;;;/h3-4H,1-2H3;2-3H,1H2;2-3H,1H2;(H4,2,3,4);1,3H;2*1H4;1H;;;/q;;;;;;;;2*+1;-1/p-1. The van der Waals surface area contributed by atoms with E-state index in [4.69, 9.17) is 14.8 Å². The Balaban J connectivity index is -0.0000000323. The summed E-state index contributed by atoms with van der Waals surface area (Å²) in [7, 11) is 0. The van der Waals surface area contributed by atoms with Crippen molar-refractivity contribution in [2.45, 2.75) is 41.5 Å². The minimum Gasteiger partial charge on any atom is -1.00 e.